The topological polar surface area (TPSA) is 35.5 Å². The second-order valence-corrected chi connectivity index (χ2v) is 3.90. The molecule has 19 heavy (non-hydrogen) atoms. The van der Waals surface area contributed by atoms with E-state index in [9.17, 15) is 9.18 Å². The second kappa shape index (κ2) is 6.11. The van der Waals surface area contributed by atoms with E-state index in [1.54, 1.807) is 12.1 Å². The van der Waals surface area contributed by atoms with Gasteiger partial charge in [0.1, 0.15) is 11.6 Å². The Morgan fingerprint density at radius 3 is 2.68 bits per heavy atom. The molecule has 2 aromatic rings. The van der Waals surface area contributed by atoms with Gasteiger partial charge >= 0.3 is 0 Å². The first-order valence-electron chi connectivity index (χ1n) is 5.72. The van der Waals surface area contributed by atoms with Crippen molar-refractivity contribution in [1.82, 2.24) is 0 Å². The van der Waals surface area contributed by atoms with E-state index in [0.29, 0.717) is 17.6 Å². The minimum Gasteiger partial charge on any atom is -0.467 e. The average molecular weight is 260 g/mol. The van der Waals surface area contributed by atoms with Crippen LogP contribution in [0.2, 0.25) is 0 Å². The number of benzene rings is 2. The number of hydrogen-bond acceptors (Lipinski definition) is 3. The highest BCUT2D eigenvalue weighted by molar-refractivity contribution is 5.89. The predicted molar refractivity (Wildman–Crippen MR) is 69.7 cm³/mol. The van der Waals surface area contributed by atoms with Crippen molar-refractivity contribution in [3.63, 3.8) is 0 Å². The van der Waals surface area contributed by atoms with E-state index in [2.05, 4.69) is 0 Å². The van der Waals surface area contributed by atoms with Gasteiger partial charge in [0.2, 0.25) is 0 Å². The van der Waals surface area contributed by atoms with Crippen molar-refractivity contribution >= 4 is 6.29 Å². The Kier molecular flexibility index (Phi) is 4.26. The Morgan fingerprint density at radius 1 is 1.16 bits per heavy atom. The van der Waals surface area contributed by atoms with Gasteiger partial charge in [-0.1, -0.05) is 24.3 Å². The molecule has 0 aliphatic rings. The molecule has 0 spiro atoms. The first-order valence-corrected chi connectivity index (χ1v) is 5.72. The predicted octanol–water partition coefficient (Wildman–Crippen LogP) is 3.29. The monoisotopic (exact) mass is 260 g/mol. The fourth-order valence-corrected chi connectivity index (χ4v) is 1.81. The van der Waals surface area contributed by atoms with Crippen LogP contribution in [0, 0.1) is 5.82 Å². The lowest BCUT2D eigenvalue weighted by Crippen LogP contribution is -2.01. The molecule has 4 heteroatoms. The van der Waals surface area contributed by atoms with Crippen LogP contribution >= 0.6 is 0 Å². The minimum absolute atomic E-state index is 0.106. The van der Waals surface area contributed by atoms with Gasteiger partial charge in [-0.15, -0.1) is 0 Å². The molecular weight excluding hydrogens is 247 g/mol. The molecule has 0 N–H and O–H groups in total. The minimum atomic E-state index is -0.443. The van der Waals surface area contributed by atoms with E-state index in [0.717, 1.165) is 5.56 Å². The van der Waals surface area contributed by atoms with Gasteiger partial charge in [0.25, 0.3) is 0 Å². The van der Waals surface area contributed by atoms with Crippen molar-refractivity contribution in [2.75, 3.05) is 13.9 Å². The molecule has 0 saturated heterocycles. The van der Waals surface area contributed by atoms with Crippen LogP contribution in [0.15, 0.2) is 42.5 Å². The number of ether oxygens (including phenoxy) is 2. The van der Waals surface area contributed by atoms with Crippen molar-refractivity contribution in [1.29, 1.82) is 0 Å². The Balaban J connectivity index is 2.49. The SMILES string of the molecule is COCOc1ccccc1-c1ccc(F)cc1C=O. The molecule has 0 amide bonds. The van der Waals surface area contributed by atoms with Crippen LogP contribution in [-0.2, 0) is 4.74 Å². The zero-order valence-corrected chi connectivity index (χ0v) is 10.4. The molecule has 0 radical (unpaired) electrons. The van der Waals surface area contributed by atoms with E-state index in [1.807, 2.05) is 18.2 Å². The fourth-order valence-electron chi connectivity index (χ4n) is 1.81. The molecule has 0 saturated carbocycles. The first kappa shape index (κ1) is 13.2. The Labute approximate surface area is 110 Å². The van der Waals surface area contributed by atoms with Gasteiger partial charge in [-0.05, 0) is 23.8 Å². The van der Waals surface area contributed by atoms with Crippen LogP contribution in [0.4, 0.5) is 4.39 Å². The summed E-state index contributed by atoms with van der Waals surface area (Å²) in [5.74, 6) is 0.139. The number of carbonyl (C=O) groups excluding carboxylic acids is 1. The Hall–Kier alpha value is -2.20. The maximum Gasteiger partial charge on any atom is 0.188 e. The third kappa shape index (κ3) is 2.98. The molecule has 0 heterocycles. The van der Waals surface area contributed by atoms with Gasteiger partial charge in [-0.25, -0.2) is 4.39 Å². The summed E-state index contributed by atoms with van der Waals surface area (Å²) in [6.07, 6.45) is 0.630. The quantitative estimate of drug-likeness (QED) is 0.611. The fraction of sp³-hybridized carbons (Fsp3) is 0.133. The summed E-state index contributed by atoms with van der Waals surface area (Å²) < 4.78 is 23.4. The van der Waals surface area contributed by atoms with Gasteiger partial charge < -0.3 is 9.47 Å². The molecular formula is C15H13FO3. The van der Waals surface area contributed by atoms with E-state index in [4.69, 9.17) is 9.47 Å². The van der Waals surface area contributed by atoms with E-state index < -0.39 is 5.82 Å². The van der Waals surface area contributed by atoms with Crippen LogP contribution < -0.4 is 4.74 Å². The molecule has 2 rings (SSSR count). The summed E-state index contributed by atoms with van der Waals surface area (Å²) in [7, 11) is 1.53. The third-order valence-electron chi connectivity index (χ3n) is 2.65. The van der Waals surface area contributed by atoms with Gasteiger partial charge in [-0.2, -0.15) is 0 Å². The van der Waals surface area contributed by atoms with E-state index in [-0.39, 0.29) is 12.4 Å². The summed E-state index contributed by atoms with van der Waals surface area (Å²) in [6.45, 7) is 0.106. The third-order valence-corrected chi connectivity index (χ3v) is 2.65. The summed E-state index contributed by atoms with van der Waals surface area (Å²) in [5.41, 5.74) is 1.64. The van der Waals surface area contributed by atoms with Gasteiger partial charge in [0.15, 0.2) is 13.1 Å². The van der Waals surface area contributed by atoms with Crippen molar-refractivity contribution < 1.29 is 18.7 Å². The molecule has 0 fully saturated rings. The summed E-state index contributed by atoms with van der Waals surface area (Å²) in [6, 6.07) is 11.3. The highest BCUT2D eigenvalue weighted by atomic mass is 19.1. The smallest absolute Gasteiger partial charge is 0.188 e. The standard InChI is InChI=1S/C15H13FO3/c1-18-10-19-15-5-3-2-4-14(15)13-7-6-12(16)8-11(13)9-17/h2-9H,10H2,1H3. The molecule has 0 aliphatic carbocycles. The number of carbonyl (C=O) groups is 1. The van der Waals surface area contributed by atoms with Gasteiger partial charge in [0.05, 0.1) is 0 Å². The maximum atomic E-state index is 13.1. The van der Waals surface area contributed by atoms with Crippen LogP contribution in [0.25, 0.3) is 11.1 Å². The largest absolute Gasteiger partial charge is 0.467 e. The number of rotatable bonds is 5. The summed E-state index contributed by atoms with van der Waals surface area (Å²) in [4.78, 5) is 11.0. The molecule has 3 nitrogen and oxygen atoms in total. The zero-order valence-electron chi connectivity index (χ0n) is 10.4. The number of aldehydes is 1. The molecule has 0 bridgehead atoms. The van der Waals surface area contributed by atoms with Crippen LogP contribution in [0.5, 0.6) is 5.75 Å². The van der Waals surface area contributed by atoms with E-state index in [1.165, 1.54) is 19.2 Å². The highest BCUT2D eigenvalue weighted by Crippen LogP contribution is 2.32. The molecule has 0 aromatic heterocycles. The maximum absolute atomic E-state index is 13.1. The van der Waals surface area contributed by atoms with Crippen molar-refractivity contribution in [3.8, 4) is 16.9 Å². The number of halogens is 1. The number of methoxy groups -OCH3 is 1. The first-order chi connectivity index (χ1) is 9.26. The number of hydrogen-bond donors (Lipinski definition) is 0. The Morgan fingerprint density at radius 2 is 1.95 bits per heavy atom. The van der Waals surface area contributed by atoms with Gasteiger partial charge in [0, 0.05) is 18.2 Å². The lowest BCUT2D eigenvalue weighted by atomic mass is 9.99. The molecule has 0 atom stereocenters. The van der Waals surface area contributed by atoms with Crippen molar-refractivity contribution in [2.24, 2.45) is 0 Å². The highest BCUT2D eigenvalue weighted by Gasteiger charge is 2.10. The lowest BCUT2D eigenvalue weighted by molar-refractivity contribution is 0.0515. The number of para-hydroxylation sites is 1. The van der Waals surface area contributed by atoms with E-state index >= 15 is 0 Å². The zero-order chi connectivity index (χ0) is 13.7. The molecule has 98 valence electrons. The van der Waals surface area contributed by atoms with Crippen LogP contribution in [0.3, 0.4) is 0 Å². The second-order valence-electron chi connectivity index (χ2n) is 3.90. The summed E-state index contributed by atoms with van der Waals surface area (Å²) >= 11 is 0. The van der Waals surface area contributed by atoms with Gasteiger partial charge in [-0.3, -0.25) is 4.79 Å². The average Bonchev–Trinajstić information content (AvgIpc) is 2.45. The molecule has 2 aromatic carbocycles. The Bertz CT molecular complexity index is 581. The molecule has 0 unspecified atom stereocenters. The van der Waals surface area contributed by atoms with Crippen LogP contribution in [0.1, 0.15) is 10.4 Å². The normalized spacial score (nSPS) is 10.2. The van der Waals surface area contributed by atoms with Crippen LogP contribution in [-0.4, -0.2) is 20.2 Å². The molecule has 0 aliphatic heterocycles. The lowest BCUT2D eigenvalue weighted by Gasteiger charge is -2.12. The van der Waals surface area contributed by atoms with Crippen molar-refractivity contribution in [3.05, 3.63) is 53.8 Å². The summed E-state index contributed by atoms with van der Waals surface area (Å²) in [5, 5.41) is 0. The van der Waals surface area contributed by atoms with Crippen molar-refractivity contribution in [2.45, 2.75) is 0 Å².